The van der Waals surface area contributed by atoms with Crippen molar-refractivity contribution in [3.8, 4) is 11.3 Å². The predicted molar refractivity (Wildman–Crippen MR) is 98.2 cm³/mol. The lowest BCUT2D eigenvalue weighted by Gasteiger charge is -2.36. The molecule has 1 amide bonds. The van der Waals surface area contributed by atoms with Crippen molar-refractivity contribution in [2.45, 2.75) is 19.8 Å². The lowest BCUT2D eigenvalue weighted by atomic mass is 10.1. The molecule has 0 aliphatic carbocycles. The zero-order valence-electron chi connectivity index (χ0n) is 14.2. The number of carbonyl (C=O) groups is 2. The average molecular weight is 361 g/mol. The first-order valence-electron chi connectivity index (χ1n) is 8.50. The minimum absolute atomic E-state index is 0.229. The normalized spacial score (nSPS) is 14.6. The van der Waals surface area contributed by atoms with E-state index in [1.807, 2.05) is 30.0 Å². The third kappa shape index (κ3) is 3.87. The average Bonchev–Trinajstić information content (AvgIpc) is 3.11. The number of halogens is 1. The van der Waals surface area contributed by atoms with Crippen molar-refractivity contribution in [1.82, 2.24) is 4.90 Å². The summed E-state index contributed by atoms with van der Waals surface area (Å²) in [5.74, 6) is 1.14. The fraction of sp³-hybridized carbons (Fsp3) is 0.368. The van der Waals surface area contributed by atoms with Crippen molar-refractivity contribution in [2.24, 2.45) is 0 Å². The highest BCUT2D eigenvalue weighted by molar-refractivity contribution is 6.33. The molecular formula is C19H21ClN2O3. The number of hydrogen-bond acceptors (Lipinski definition) is 4. The lowest BCUT2D eigenvalue weighted by Crippen LogP contribution is -2.48. The zero-order valence-corrected chi connectivity index (χ0v) is 15.0. The van der Waals surface area contributed by atoms with Crippen LogP contribution in [0, 0.1) is 0 Å². The molecule has 1 aliphatic rings. The fourth-order valence-corrected chi connectivity index (χ4v) is 3.36. The third-order valence-electron chi connectivity index (χ3n) is 4.41. The number of benzene rings is 1. The van der Waals surface area contributed by atoms with Crippen LogP contribution in [0.25, 0.3) is 11.3 Å². The Bertz CT molecular complexity index is 764. The molecule has 0 bridgehead atoms. The van der Waals surface area contributed by atoms with E-state index in [1.54, 1.807) is 12.1 Å². The molecule has 3 rings (SSSR count). The maximum Gasteiger partial charge on any atom is 0.222 e. The molecule has 2 heterocycles. The molecule has 1 aromatic heterocycles. The number of hydrogen-bond donors (Lipinski definition) is 0. The Morgan fingerprint density at radius 3 is 2.56 bits per heavy atom. The van der Waals surface area contributed by atoms with Crippen LogP contribution in [0.15, 0.2) is 34.7 Å². The van der Waals surface area contributed by atoms with Gasteiger partial charge in [-0.25, -0.2) is 0 Å². The number of anilines is 1. The van der Waals surface area contributed by atoms with E-state index in [1.165, 1.54) is 0 Å². The quantitative estimate of drug-likeness (QED) is 0.760. The van der Waals surface area contributed by atoms with E-state index >= 15 is 0 Å². The Morgan fingerprint density at radius 2 is 1.96 bits per heavy atom. The number of piperazine rings is 1. The lowest BCUT2D eigenvalue weighted by molar-refractivity contribution is -0.131. The van der Waals surface area contributed by atoms with Crippen LogP contribution in [-0.4, -0.2) is 43.3 Å². The fourth-order valence-electron chi connectivity index (χ4n) is 3.06. The molecule has 1 aliphatic heterocycles. The summed E-state index contributed by atoms with van der Waals surface area (Å²) in [4.78, 5) is 26.8. The monoisotopic (exact) mass is 360 g/mol. The van der Waals surface area contributed by atoms with Crippen LogP contribution in [0.4, 0.5) is 5.69 Å². The maximum absolute atomic E-state index is 12.0. The minimum atomic E-state index is 0.229. The SMILES string of the molecule is CCCC(=O)N1CCN(c2ccc(-c3ccc(C=O)o3)cc2Cl)CC1. The molecule has 5 nitrogen and oxygen atoms in total. The van der Waals surface area contributed by atoms with Gasteiger partial charge in [-0.15, -0.1) is 0 Å². The van der Waals surface area contributed by atoms with Gasteiger partial charge in [-0.3, -0.25) is 9.59 Å². The molecule has 0 spiro atoms. The van der Waals surface area contributed by atoms with Crippen LogP contribution in [0.3, 0.4) is 0 Å². The largest absolute Gasteiger partial charge is 0.453 e. The van der Waals surface area contributed by atoms with Crippen LogP contribution >= 0.6 is 11.6 Å². The topological polar surface area (TPSA) is 53.8 Å². The highest BCUT2D eigenvalue weighted by atomic mass is 35.5. The molecule has 132 valence electrons. The van der Waals surface area contributed by atoms with Gasteiger partial charge >= 0.3 is 0 Å². The molecule has 0 atom stereocenters. The second kappa shape index (κ2) is 7.74. The second-order valence-corrected chi connectivity index (χ2v) is 6.51. The number of amides is 1. The molecule has 0 N–H and O–H groups in total. The Balaban J connectivity index is 1.70. The van der Waals surface area contributed by atoms with Crippen LogP contribution in [0.5, 0.6) is 0 Å². The highest BCUT2D eigenvalue weighted by Gasteiger charge is 2.22. The number of aldehydes is 1. The number of carbonyl (C=O) groups excluding carboxylic acids is 2. The van der Waals surface area contributed by atoms with Crippen molar-refractivity contribution < 1.29 is 14.0 Å². The molecule has 0 unspecified atom stereocenters. The molecule has 2 aromatic rings. The summed E-state index contributed by atoms with van der Waals surface area (Å²) in [6.45, 7) is 5.00. The highest BCUT2D eigenvalue weighted by Crippen LogP contribution is 2.32. The standard InChI is InChI=1S/C19H21ClN2O3/c1-2-3-19(24)22-10-8-21(9-11-22)17-6-4-14(12-16(17)20)18-7-5-15(13-23)25-18/h4-7,12-13H,2-3,8-11H2,1H3. The van der Waals surface area contributed by atoms with Gasteiger partial charge in [0, 0.05) is 38.2 Å². The number of rotatable bonds is 5. The van der Waals surface area contributed by atoms with Crippen molar-refractivity contribution in [1.29, 1.82) is 0 Å². The van der Waals surface area contributed by atoms with Crippen molar-refractivity contribution in [2.75, 3.05) is 31.1 Å². The van der Waals surface area contributed by atoms with E-state index in [0.717, 1.165) is 43.9 Å². The van der Waals surface area contributed by atoms with E-state index in [9.17, 15) is 9.59 Å². The van der Waals surface area contributed by atoms with Gasteiger partial charge in [0.25, 0.3) is 0 Å². The van der Waals surface area contributed by atoms with Crippen molar-refractivity contribution in [3.63, 3.8) is 0 Å². The summed E-state index contributed by atoms with van der Waals surface area (Å²) in [5, 5.41) is 0.634. The maximum atomic E-state index is 12.0. The first-order valence-corrected chi connectivity index (χ1v) is 8.88. The predicted octanol–water partition coefficient (Wildman–Crippen LogP) is 3.86. The Hall–Kier alpha value is -2.27. The molecule has 25 heavy (non-hydrogen) atoms. The molecule has 6 heteroatoms. The summed E-state index contributed by atoms with van der Waals surface area (Å²) in [5.41, 5.74) is 1.79. The van der Waals surface area contributed by atoms with Crippen LogP contribution in [-0.2, 0) is 4.79 Å². The minimum Gasteiger partial charge on any atom is -0.453 e. The molecule has 0 radical (unpaired) electrons. The van der Waals surface area contributed by atoms with E-state index in [0.29, 0.717) is 29.3 Å². The van der Waals surface area contributed by atoms with E-state index in [4.69, 9.17) is 16.0 Å². The smallest absolute Gasteiger partial charge is 0.222 e. The van der Waals surface area contributed by atoms with Gasteiger partial charge in [0.2, 0.25) is 5.91 Å². The van der Waals surface area contributed by atoms with Gasteiger partial charge in [-0.2, -0.15) is 0 Å². The van der Waals surface area contributed by atoms with E-state index < -0.39 is 0 Å². The molecule has 1 fully saturated rings. The molecule has 1 saturated heterocycles. The second-order valence-electron chi connectivity index (χ2n) is 6.10. The molecule has 0 saturated carbocycles. The molecular weight excluding hydrogens is 340 g/mol. The van der Waals surface area contributed by atoms with E-state index in [2.05, 4.69) is 4.90 Å². The van der Waals surface area contributed by atoms with Gasteiger partial charge in [-0.05, 0) is 36.8 Å². The van der Waals surface area contributed by atoms with Gasteiger partial charge < -0.3 is 14.2 Å². The summed E-state index contributed by atoms with van der Waals surface area (Å²) in [7, 11) is 0. The Morgan fingerprint density at radius 1 is 1.20 bits per heavy atom. The first-order chi connectivity index (χ1) is 12.1. The van der Waals surface area contributed by atoms with Gasteiger partial charge in [0.05, 0.1) is 10.7 Å². The summed E-state index contributed by atoms with van der Waals surface area (Å²) in [6, 6.07) is 9.14. The van der Waals surface area contributed by atoms with Crippen LogP contribution in [0.1, 0.15) is 30.3 Å². The number of furan rings is 1. The van der Waals surface area contributed by atoms with Gasteiger partial charge in [0.1, 0.15) is 5.76 Å². The Kier molecular flexibility index (Phi) is 5.43. The summed E-state index contributed by atoms with van der Waals surface area (Å²) < 4.78 is 5.44. The van der Waals surface area contributed by atoms with E-state index in [-0.39, 0.29) is 5.91 Å². The third-order valence-corrected chi connectivity index (χ3v) is 4.71. The Labute approximate surface area is 152 Å². The van der Waals surface area contributed by atoms with Crippen LogP contribution < -0.4 is 4.90 Å². The van der Waals surface area contributed by atoms with Gasteiger partial charge in [0.15, 0.2) is 12.0 Å². The summed E-state index contributed by atoms with van der Waals surface area (Å²) in [6.07, 6.45) is 2.17. The van der Waals surface area contributed by atoms with Crippen molar-refractivity contribution >= 4 is 29.5 Å². The van der Waals surface area contributed by atoms with Gasteiger partial charge in [-0.1, -0.05) is 18.5 Å². The first kappa shape index (κ1) is 17.5. The zero-order chi connectivity index (χ0) is 17.8. The molecule has 1 aromatic carbocycles. The summed E-state index contributed by atoms with van der Waals surface area (Å²) >= 11 is 6.47. The number of nitrogens with zero attached hydrogens (tertiary/aromatic N) is 2. The van der Waals surface area contributed by atoms with Crippen molar-refractivity contribution in [3.05, 3.63) is 41.1 Å². The van der Waals surface area contributed by atoms with Crippen LogP contribution in [0.2, 0.25) is 5.02 Å².